The lowest BCUT2D eigenvalue weighted by Crippen LogP contribution is -2.50. The van der Waals surface area contributed by atoms with Crippen LogP contribution in [0, 0.1) is 0 Å². The number of hydrogen-bond acceptors (Lipinski definition) is 2. The molecule has 1 aliphatic heterocycles. The predicted octanol–water partition coefficient (Wildman–Crippen LogP) is 6.39. The SMILES string of the molecule is CCCC(C)N1CCC(N(Cc2ccccc2)C(=O)Nc2cccc(C(F)(F)F)c2)CC1. The van der Waals surface area contributed by atoms with Crippen LogP contribution in [0.5, 0.6) is 0 Å². The normalized spacial score (nSPS) is 16.5. The lowest BCUT2D eigenvalue weighted by Gasteiger charge is -2.40. The topological polar surface area (TPSA) is 35.6 Å². The molecule has 1 fully saturated rings. The van der Waals surface area contributed by atoms with Gasteiger partial charge in [0, 0.05) is 37.4 Å². The van der Waals surface area contributed by atoms with Crippen LogP contribution in [0.2, 0.25) is 0 Å². The number of hydrogen-bond donors (Lipinski definition) is 1. The molecule has 2 aromatic carbocycles. The number of alkyl halides is 3. The third-order valence-corrected chi connectivity index (χ3v) is 6.17. The van der Waals surface area contributed by atoms with E-state index < -0.39 is 11.7 Å². The van der Waals surface area contributed by atoms with Gasteiger partial charge in [-0.3, -0.25) is 0 Å². The molecule has 1 heterocycles. The van der Waals surface area contributed by atoms with Gasteiger partial charge in [-0.1, -0.05) is 49.7 Å². The number of halogens is 3. The summed E-state index contributed by atoms with van der Waals surface area (Å²) in [5.74, 6) is 0. The van der Waals surface area contributed by atoms with Crippen molar-refractivity contribution in [3.63, 3.8) is 0 Å². The number of amides is 2. The molecular weight excluding hydrogens is 415 g/mol. The van der Waals surface area contributed by atoms with Crippen LogP contribution in [0.1, 0.15) is 50.7 Å². The fourth-order valence-electron chi connectivity index (χ4n) is 4.35. The predicted molar refractivity (Wildman–Crippen MR) is 121 cm³/mol. The van der Waals surface area contributed by atoms with E-state index in [-0.39, 0.29) is 17.8 Å². The quantitative estimate of drug-likeness (QED) is 0.534. The van der Waals surface area contributed by atoms with Crippen LogP contribution in [-0.4, -0.2) is 41.0 Å². The summed E-state index contributed by atoms with van der Waals surface area (Å²) >= 11 is 0. The summed E-state index contributed by atoms with van der Waals surface area (Å²) in [5.41, 5.74) is 0.369. The minimum Gasteiger partial charge on any atom is -0.317 e. The van der Waals surface area contributed by atoms with E-state index in [1.54, 1.807) is 4.90 Å². The summed E-state index contributed by atoms with van der Waals surface area (Å²) in [6.45, 7) is 6.66. The van der Waals surface area contributed by atoms with Gasteiger partial charge in [0.2, 0.25) is 0 Å². The lowest BCUT2D eigenvalue weighted by atomic mass is 10.00. The third kappa shape index (κ3) is 6.48. The third-order valence-electron chi connectivity index (χ3n) is 6.17. The van der Waals surface area contributed by atoms with Crippen molar-refractivity contribution in [3.8, 4) is 0 Å². The van der Waals surface area contributed by atoms with Crippen LogP contribution < -0.4 is 5.32 Å². The van der Waals surface area contributed by atoms with Gasteiger partial charge in [0.05, 0.1) is 5.56 Å². The molecule has 1 unspecified atom stereocenters. The first-order chi connectivity index (χ1) is 15.3. The fourth-order valence-corrected chi connectivity index (χ4v) is 4.35. The second-order valence-electron chi connectivity index (χ2n) is 8.53. The number of rotatable bonds is 7. The van der Waals surface area contributed by atoms with Gasteiger partial charge >= 0.3 is 12.2 Å². The number of urea groups is 1. The van der Waals surface area contributed by atoms with Crippen molar-refractivity contribution in [2.24, 2.45) is 0 Å². The highest BCUT2D eigenvalue weighted by Gasteiger charge is 2.32. The maximum atomic E-state index is 13.2. The summed E-state index contributed by atoms with van der Waals surface area (Å²) < 4.78 is 39.2. The first-order valence-corrected chi connectivity index (χ1v) is 11.3. The van der Waals surface area contributed by atoms with Crippen molar-refractivity contribution < 1.29 is 18.0 Å². The van der Waals surface area contributed by atoms with Gasteiger partial charge in [-0.05, 0) is 49.9 Å². The van der Waals surface area contributed by atoms with E-state index in [0.29, 0.717) is 12.6 Å². The first kappa shape index (κ1) is 24.1. The van der Waals surface area contributed by atoms with Crippen molar-refractivity contribution in [1.82, 2.24) is 9.80 Å². The van der Waals surface area contributed by atoms with Crippen LogP contribution in [0.3, 0.4) is 0 Å². The summed E-state index contributed by atoms with van der Waals surface area (Å²) in [6, 6.07) is 14.7. The number of carbonyl (C=O) groups is 1. The number of anilines is 1. The highest BCUT2D eigenvalue weighted by atomic mass is 19.4. The summed E-state index contributed by atoms with van der Waals surface area (Å²) in [5, 5.41) is 2.70. The lowest BCUT2D eigenvalue weighted by molar-refractivity contribution is -0.137. The van der Waals surface area contributed by atoms with Crippen molar-refractivity contribution in [2.75, 3.05) is 18.4 Å². The molecule has 1 N–H and O–H groups in total. The van der Waals surface area contributed by atoms with Crippen LogP contribution >= 0.6 is 0 Å². The zero-order valence-electron chi connectivity index (χ0n) is 18.7. The molecule has 7 heteroatoms. The summed E-state index contributed by atoms with van der Waals surface area (Å²) in [7, 11) is 0. The molecule has 4 nitrogen and oxygen atoms in total. The van der Waals surface area contributed by atoms with Gasteiger partial charge in [0.15, 0.2) is 0 Å². The Bertz CT molecular complexity index is 864. The molecule has 0 saturated carbocycles. The molecular formula is C25H32F3N3O. The van der Waals surface area contributed by atoms with Gasteiger partial charge in [0.25, 0.3) is 0 Å². The van der Waals surface area contributed by atoms with Crippen molar-refractivity contribution in [2.45, 2.75) is 64.3 Å². The van der Waals surface area contributed by atoms with Gasteiger partial charge in [0.1, 0.15) is 0 Å². The average Bonchev–Trinajstić information content (AvgIpc) is 2.78. The van der Waals surface area contributed by atoms with E-state index in [4.69, 9.17) is 0 Å². The summed E-state index contributed by atoms with van der Waals surface area (Å²) in [4.78, 5) is 17.5. The maximum Gasteiger partial charge on any atom is 0.416 e. The van der Waals surface area contributed by atoms with Crippen LogP contribution in [0.15, 0.2) is 54.6 Å². The Morgan fingerprint density at radius 2 is 1.81 bits per heavy atom. The Kier molecular flexibility index (Phi) is 8.18. The summed E-state index contributed by atoms with van der Waals surface area (Å²) in [6.07, 6.45) is -0.477. The second-order valence-corrected chi connectivity index (χ2v) is 8.53. The Morgan fingerprint density at radius 1 is 1.12 bits per heavy atom. The van der Waals surface area contributed by atoms with Crippen LogP contribution in [-0.2, 0) is 12.7 Å². The van der Waals surface area contributed by atoms with Crippen molar-refractivity contribution in [3.05, 3.63) is 65.7 Å². The van der Waals surface area contributed by atoms with Gasteiger partial charge in [-0.15, -0.1) is 0 Å². The zero-order valence-corrected chi connectivity index (χ0v) is 18.7. The van der Waals surface area contributed by atoms with Gasteiger partial charge in [-0.2, -0.15) is 13.2 Å². The van der Waals surface area contributed by atoms with Crippen LogP contribution in [0.4, 0.5) is 23.7 Å². The van der Waals surface area contributed by atoms with E-state index in [2.05, 4.69) is 24.1 Å². The standard InChI is InChI=1S/C25H32F3N3O/c1-3-8-19(2)30-15-13-23(14-16-30)31(18-20-9-5-4-6-10-20)24(32)29-22-12-7-11-21(17-22)25(26,27)28/h4-7,9-12,17,19,23H,3,8,13-16,18H2,1-2H3,(H,29,32). The van der Waals surface area contributed by atoms with Crippen molar-refractivity contribution >= 4 is 11.7 Å². The molecule has 0 radical (unpaired) electrons. The molecule has 0 spiro atoms. The monoisotopic (exact) mass is 447 g/mol. The molecule has 1 aliphatic rings. The van der Waals surface area contributed by atoms with E-state index in [1.807, 2.05) is 30.3 Å². The molecule has 174 valence electrons. The molecule has 1 atom stereocenters. The Morgan fingerprint density at radius 3 is 2.44 bits per heavy atom. The number of carbonyl (C=O) groups excluding carboxylic acids is 1. The molecule has 1 saturated heterocycles. The first-order valence-electron chi connectivity index (χ1n) is 11.3. The molecule has 0 aromatic heterocycles. The number of nitrogens with zero attached hydrogens (tertiary/aromatic N) is 2. The van der Waals surface area contributed by atoms with E-state index >= 15 is 0 Å². The second kappa shape index (κ2) is 10.9. The Hall–Kier alpha value is -2.54. The smallest absolute Gasteiger partial charge is 0.317 e. The Labute approximate surface area is 188 Å². The molecule has 3 rings (SSSR count). The number of nitrogens with one attached hydrogen (secondary N) is 1. The minimum absolute atomic E-state index is 0.0334. The zero-order chi connectivity index (χ0) is 23.1. The molecule has 32 heavy (non-hydrogen) atoms. The average molecular weight is 448 g/mol. The number of piperidine rings is 1. The number of likely N-dealkylation sites (tertiary alicyclic amines) is 1. The molecule has 0 bridgehead atoms. The van der Waals surface area contributed by atoms with E-state index in [0.717, 1.165) is 56.5 Å². The van der Waals surface area contributed by atoms with E-state index in [1.165, 1.54) is 12.1 Å². The van der Waals surface area contributed by atoms with Crippen molar-refractivity contribution in [1.29, 1.82) is 0 Å². The highest BCUT2D eigenvalue weighted by molar-refractivity contribution is 5.89. The van der Waals surface area contributed by atoms with Gasteiger partial charge in [-0.25, -0.2) is 4.79 Å². The van der Waals surface area contributed by atoms with E-state index in [9.17, 15) is 18.0 Å². The fraction of sp³-hybridized carbons (Fsp3) is 0.480. The van der Waals surface area contributed by atoms with Crippen LogP contribution in [0.25, 0.3) is 0 Å². The highest BCUT2D eigenvalue weighted by Crippen LogP contribution is 2.31. The molecule has 2 aromatic rings. The maximum absolute atomic E-state index is 13.2. The molecule has 2 amide bonds. The Balaban J connectivity index is 1.74. The number of benzene rings is 2. The molecule has 0 aliphatic carbocycles. The minimum atomic E-state index is -4.45. The largest absolute Gasteiger partial charge is 0.416 e. The van der Waals surface area contributed by atoms with Gasteiger partial charge < -0.3 is 15.1 Å².